The standard InChI is InChI=1S/C18H19NO3S.CH4/c1-3-16-13-9-11-15(12-10-13)23(21,22)18(16)19(2)17(20)14-7-5-4-6-8-14;/h4-12,16,18H,3H2,1-2H3;1H4. The molecule has 4 rings (SSSR count). The minimum absolute atomic E-state index is 0. The van der Waals surface area contributed by atoms with Gasteiger partial charge in [-0.3, -0.25) is 4.79 Å². The van der Waals surface area contributed by atoms with E-state index in [1.54, 1.807) is 43.4 Å². The summed E-state index contributed by atoms with van der Waals surface area (Å²) < 4.78 is 26.0. The summed E-state index contributed by atoms with van der Waals surface area (Å²) in [5, 5.41) is -0.879. The quantitative estimate of drug-likeness (QED) is 0.852. The lowest BCUT2D eigenvalue weighted by Crippen LogP contribution is -2.45. The van der Waals surface area contributed by atoms with Crippen molar-refractivity contribution in [3.05, 3.63) is 65.7 Å². The summed E-state index contributed by atoms with van der Waals surface area (Å²) in [6, 6.07) is 15.7. The number of rotatable bonds is 3. The number of benzene rings is 2. The summed E-state index contributed by atoms with van der Waals surface area (Å²) in [5.74, 6) is -0.509. The normalized spacial score (nSPS) is 20.8. The summed E-state index contributed by atoms with van der Waals surface area (Å²) in [6.45, 7) is 1.95. The Morgan fingerprint density at radius 3 is 2.17 bits per heavy atom. The third-order valence-corrected chi connectivity index (χ3v) is 6.67. The molecule has 2 aliphatic heterocycles. The third-order valence-electron chi connectivity index (χ3n) is 4.46. The van der Waals surface area contributed by atoms with Crippen molar-refractivity contribution in [2.24, 2.45) is 0 Å². The van der Waals surface area contributed by atoms with Crippen molar-refractivity contribution in [2.75, 3.05) is 7.05 Å². The van der Waals surface area contributed by atoms with Crippen LogP contribution in [0.25, 0.3) is 0 Å². The molecule has 0 spiro atoms. The zero-order chi connectivity index (χ0) is 16.6. The summed E-state index contributed by atoms with van der Waals surface area (Å²) in [7, 11) is -2.02. The molecule has 0 aromatic heterocycles. The number of hydrogen-bond acceptors (Lipinski definition) is 3. The summed E-state index contributed by atoms with van der Waals surface area (Å²) in [6.07, 6.45) is 0.646. The van der Waals surface area contributed by atoms with Gasteiger partial charge in [0.15, 0.2) is 9.84 Å². The van der Waals surface area contributed by atoms with Gasteiger partial charge in [0.05, 0.1) is 4.90 Å². The zero-order valence-corrected chi connectivity index (χ0v) is 14.0. The second-order valence-electron chi connectivity index (χ2n) is 5.80. The summed E-state index contributed by atoms with van der Waals surface area (Å²) >= 11 is 0. The van der Waals surface area contributed by atoms with Crippen molar-refractivity contribution >= 4 is 15.7 Å². The Labute approximate surface area is 144 Å². The Hall–Kier alpha value is -2.14. The lowest BCUT2D eigenvalue weighted by atomic mass is 9.95. The molecule has 2 bridgehead atoms. The van der Waals surface area contributed by atoms with Crippen LogP contribution < -0.4 is 0 Å². The molecule has 5 heteroatoms. The molecule has 2 aliphatic rings. The van der Waals surface area contributed by atoms with E-state index in [2.05, 4.69) is 0 Å². The SMILES string of the molecule is C.CCC1c2ccc(cc2)S(=O)(=O)C1N(C)C(=O)c1ccccc1. The van der Waals surface area contributed by atoms with Crippen LogP contribution in [0.3, 0.4) is 0 Å². The lowest BCUT2D eigenvalue weighted by Gasteiger charge is -2.32. The molecule has 0 saturated carbocycles. The number of carbonyl (C=O) groups excluding carboxylic acids is 1. The fraction of sp³-hybridized carbons (Fsp3) is 0.316. The number of carbonyl (C=O) groups is 1. The van der Waals surface area contributed by atoms with Crippen LogP contribution in [0.2, 0.25) is 0 Å². The molecule has 4 nitrogen and oxygen atoms in total. The number of fused-ring (bicyclic) bond motifs is 4. The predicted octanol–water partition coefficient (Wildman–Crippen LogP) is 3.70. The maximum Gasteiger partial charge on any atom is 0.254 e. The number of sulfone groups is 1. The minimum atomic E-state index is -3.60. The maximum absolute atomic E-state index is 13.0. The van der Waals surface area contributed by atoms with Gasteiger partial charge in [-0.1, -0.05) is 44.7 Å². The number of amides is 1. The van der Waals surface area contributed by atoms with Crippen molar-refractivity contribution in [2.45, 2.75) is 37.0 Å². The van der Waals surface area contributed by atoms with Gasteiger partial charge >= 0.3 is 0 Å². The van der Waals surface area contributed by atoms with Crippen LogP contribution in [-0.2, 0) is 9.84 Å². The molecule has 24 heavy (non-hydrogen) atoms. The fourth-order valence-corrected chi connectivity index (χ4v) is 5.33. The van der Waals surface area contributed by atoms with E-state index in [1.807, 2.05) is 25.1 Å². The molecule has 2 heterocycles. The van der Waals surface area contributed by atoms with Gasteiger partial charge < -0.3 is 4.90 Å². The average molecular weight is 345 g/mol. The van der Waals surface area contributed by atoms with E-state index in [0.717, 1.165) is 5.56 Å². The molecule has 2 atom stereocenters. The van der Waals surface area contributed by atoms with Crippen LogP contribution >= 0.6 is 0 Å². The highest BCUT2D eigenvalue weighted by molar-refractivity contribution is 7.92. The zero-order valence-electron chi connectivity index (χ0n) is 13.1. The minimum Gasteiger partial charge on any atom is -0.324 e. The average Bonchev–Trinajstić information content (AvgIpc) is 2.75. The molecule has 128 valence electrons. The van der Waals surface area contributed by atoms with Crippen molar-refractivity contribution in [3.63, 3.8) is 0 Å². The van der Waals surface area contributed by atoms with E-state index in [9.17, 15) is 13.2 Å². The molecule has 2 unspecified atom stereocenters. The largest absolute Gasteiger partial charge is 0.324 e. The molecule has 1 amide bonds. The first-order chi connectivity index (χ1) is 11.0. The predicted molar refractivity (Wildman–Crippen MR) is 95.7 cm³/mol. The highest BCUT2D eigenvalue weighted by Gasteiger charge is 2.42. The molecule has 0 saturated heterocycles. The first-order valence-corrected chi connectivity index (χ1v) is 9.17. The van der Waals surface area contributed by atoms with Gasteiger partial charge in [0.2, 0.25) is 0 Å². The van der Waals surface area contributed by atoms with Crippen molar-refractivity contribution in [1.82, 2.24) is 4.90 Å². The highest BCUT2D eigenvalue weighted by atomic mass is 32.2. The van der Waals surface area contributed by atoms with Crippen molar-refractivity contribution in [3.8, 4) is 0 Å². The van der Waals surface area contributed by atoms with E-state index < -0.39 is 15.2 Å². The van der Waals surface area contributed by atoms with Gasteiger partial charge in [0, 0.05) is 18.5 Å². The second-order valence-corrected chi connectivity index (χ2v) is 7.85. The molecule has 2 aromatic rings. The number of hydrogen-bond donors (Lipinski definition) is 0. The van der Waals surface area contributed by atoms with Crippen LogP contribution in [0.4, 0.5) is 0 Å². The Bertz CT molecular complexity index is 813. The van der Waals surface area contributed by atoms with E-state index in [1.165, 1.54) is 4.90 Å². The molecule has 0 N–H and O–H groups in total. The van der Waals surface area contributed by atoms with Crippen LogP contribution in [0.5, 0.6) is 0 Å². The van der Waals surface area contributed by atoms with E-state index >= 15 is 0 Å². The van der Waals surface area contributed by atoms with Crippen LogP contribution in [0.15, 0.2) is 59.5 Å². The van der Waals surface area contributed by atoms with Gasteiger partial charge in [-0.25, -0.2) is 8.42 Å². The fourth-order valence-electron chi connectivity index (χ4n) is 3.24. The second kappa shape index (κ2) is 6.77. The Kier molecular flexibility index (Phi) is 5.13. The summed E-state index contributed by atoms with van der Waals surface area (Å²) in [5.41, 5.74) is 1.45. The monoisotopic (exact) mass is 345 g/mol. The van der Waals surface area contributed by atoms with Gasteiger partial charge in [-0.15, -0.1) is 0 Å². The number of nitrogens with zero attached hydrogens (tertiary/aromatic N) is 1. The first kappa shape index (κ1) is 18.2. The van der Waals surface area contributed by atoms with Gasteiger partial charge in [0.1, 0.15) is 5.37 Å². The highest BCUT2D eigenvalue weighted by Crippen LogP contribution is 2.37. The molecular weight excluding hydrogens is 322 g/mol. The number of likely N-dealkylation sites (N-methyl/N-ethyl adjacent to an activating group) is 1. The van der Waals surface area contributed by atoms with E-state index in [-0.39, 0.29) is 24.1 Å². The Balaban J connectivity index is 0.00000208. The van der Waals surface area contributed by atoms with Gasteiger partial charge in [-0.2, -0.15) is 0 Å². The van der Waals surface area contributed by atoms with Crippen molar-refractivity contribution in [1.29, 1.82) is 0 Å². The Morgan fingerprint density at radius 1 is 1.04 bits per heavy atom. The topological polar surface area (TPSA) is 54.5 Å². The Morgan fingerprint density at radius 2 is 1.62 bits per heavy atom. The first-order valence-electron chi connectivity index (χ1n) is 7.63. The molecule has 0 radical (unpaired) electrons. The lowest BCUT2D eigenvalue weighted by molar-refractivity contribution is 0.0760. The van der Waals surface area contributed by atoms with Gasteiger partial charge in [-0.05, 0) is 36.2 Å². The van der Waals surface area contributed by atoms with E-state index in [4.69, 9.17) is 0 Å². The third kappa shape index (κ3) is 2.84. The van der Waals surface area contributed by atoms with E-state index in [0.29, 0.717) is 12.0 Å². The maximum atomic E-state index is 13.0. The van der Waals surface area contributed by atoms with Crippen LogP contribution in [0.1, 0.15) is 42.6 Å². The van der Waals surface area contributed by atoms with Gasteiger partial charge in [0.25, 0.3) is 5.91 Å². The molecular formula is C19H23NO3S. The van der Waals surface area contributed by atoms with Crippen LogP contribution in [0, 0.1) is 0 Å². The smallest absolute Gasteiger partial charge is 0.254 e. The molecule has 0 fully saturated rings. The summed E-state index contributed by atoms with van der Waals surface area (Å²) in [4.78, 5) is 14.4. The molecule has 0 aliphatic carbocycles. The van der Waals surface area contributed by atoms with Crippen molar-refractivity contribution < 1.29 is 13.2 Å². The van der Waals surface area contributed by atoms with Crippen LogP contribution in [-0.4, -0.2) is 31.6 Å². The molecule has 2 aromatic carbocycles.